The molecule has 0 amide bonds. The second-order valence-corrected chi connectivity index (χ2v) is 7.28. The van der Waals surface area contributed by atoms with E-state index in [2.05, 4.69) is 9.34 Å². The Bertz CT molecular complexity index is 130. The normalized spacial score (nSPS) is 14.8. The molecule has 0 saturated carbocycles. The molecule has 5 nitrogen and oxygen atoms in total. The molecule has 0 atom stereocenters. The van der Waals surface area contributed by atoms with E-state index in [-0.39, 0.29) is 0 Å². The standard InChI is InChI=1S/C6H22N5P/c1-9(2)12(8,10(3)4)11(5)6-7/h12H,6-8H2,1-5H3. The molecule has 0 aromatic rings. The third-order valence-electron chi connectivity index (χ3n) is 2.15. The van der Waals surface area contributed by atoms with Crippen LogP contribution in [0, 0.1) is 0 Å². The van der Waals surface area contributed by atoms with Crippen LogP contribution in [-0.4, -0.2) is 55.9 Å². The molecule has 0 radical (unpaired) electrons. The van der Waals surface area contributed by atoms with Gasteiger partial charge in [0.2, 0.25) is 0 Å². The zero-order valence-corrected chi connectivity index (χ0v) is 9.70. The van der Waals surface area contributed by atoms with E-state index in [4.69, 9.17) is 11.2 Å². The van der Waals surface area contributed by atoms with Crippen LogP contribution in [0.1, 0.15) is 0 Å². The van der Waals surface area contributed by atoms with E-state index in [0.717, 1.165) is 0 Å². The van der Waals surface area contributed by atoms with Crippen LogP contribution in [0.15, 0.2) is 0 Å². The van der Waals surface area contributed by atoms with Gasteiger partial charge < -0.3 is 0 Å². The number of hydrogen-bond donors (Lipinski definition) is 2. The van der Waals surface area contributed by atoms with Crippen molar-refractivity contribution in [1.29, 1.82) is 0 Å². The quantitative estimate of drug-likeness (QED) is 0.460. The molecular formula is C6H22N5P. The summed E-state index contributed by atoms with van der Waals surface area (Å²) in [6.45, 7) is 0.485. The molecule has 0 aliphatic rings. The molecule has 0 fully saturated rings. The van der Waals surface area contributed by atoms with Gasteiger partial charge in [0.05, 0.1) is 0 Å². The zero-order valence-electron chi connectivity index (χ0n) is 8.70. The average molecular weight is 195 g/mol. The summed E-state index contributed by atoms with van der Waals surface area (Å²) in [6.07, 6.45) is 0. The summed E-state index contributed by atoms with van der Waals surface area (Å²) in [5.74, 6) is 0. The van der Waals surface area contributed by atoms with E-state index in [1.54, 1.807) is 0 Å². The van der Waals surface area contributed by atoms with E-state index >= 15 is 0 Å². The molecule has 0 spiro atoms. The Labute approximate surface area is 75.8 Å². The summed E-state index contributed by atoms with van der Waals surface area (Å²) in [5.41, 5.74) is 11.8. The molecule has 0 heterocycles. The number of nitrogens with zero attached hydrogens (tertiary/aromatic N) is 3. The summed E-state index contributed by atoms with van der Waals surface area (Å²) in [5, 5.41) is 0. The molecule has 0 aliphatic carbocycles. The molecule has 76 valence electrons. The van der Waals surface area contributed by atoms with Crippen molar-refractivity contribution in [3.8, 4) is 0 Å². The first-order valence-corrected chi connectivity index (χ1v) is 5.84. The third kappa shape index (κ3) is 2.13. The minimum atomic E-state index is -2.13. The van der Waals surface area contributed by atoms with Gasteiger partial charge in [-0.25, -0.2) is 0 Å². The van der Waals surface area contributed by atoms with Crippen LogP contribution in [0.25, 0.3) is 0 Å². The maximum atomic E-state index is 6.27. The Morgan fingerprint density at radius 2 is 1.33 bits per heavy atom. The molecule has 6 heteroatoms. The Hall–Kier alpha value is 0.230. The van der Waals surface area contributed by atoms with Gasteiger partial charge >= 0.3 is 75.0 Å². The second kappa shape index (κ2) is 4.46. The van der Waals surface area contributed by atoms with Crippen LogP contribution in [0.5, 0.6) is 0 Å². The Balaban J connectivity index is 4.61. The molecular weight excluding hydrogens is 173 g/mol. The van der Waals surface area contributed by atoms with Gasteiger partial charge in [-0.15, -0.1) is 0 Å². The molecule has 4 N–H and O–H groups in total. The topological polar surface area (TPSA) is 61.8 Å². The Morgan fingerprint density at radius 1 is 1.00 bits per heavy atom. The van der Waals surface area contributed by atoms with Crippen molar-refractivity contribution < 1.29 is 0 Å². The second-order valence-electron chi connectivity index (χ2n) is 3.36. The summed E-state index contributed by atoms with van der Waals surface area (Å²) in [6, 6.07) is 0. The van der Waals surface area contributed by atoms with Crippen molar-refractivity contribution in [2.45, 2.75) is 0 Å². The fourth-order valence-electron chi connectivity index (χ4n) is 1.22. The molecule has 0 saturated heterocycles. The molecule has 0 unspecified atom stereocenters. The SMILES string of the molecule is CN(C)[PH](N)(N(C)C)N(C)CN. The van der Waals surface area contributed by atoms with Gasteiger partial charge in [-0.2, -0.15) is 0 Å². The van der Waals surface area contributed by atoms with Gasteiger partial charge in [0.25, 0.3) is 0 Å². The fraction of sp³-hybridized carbons (Fsp3) is 1.00. The van der Waals surface area contributed by atoms with Crippen LogP contribution in [0.4, 0.5) is 0 Å². The molecule has 0 aromatic carbocycles. The van der Waals surface area contributed by atoms with Gasteiger partial charge in [0.15, 0.2) is 0 Å². The van der Waals surface area contributed by atoms with Gasteiger partial charge in [-0.3, -0.25) is 0 Å². The first kappa shape index (κ1) is 12.2. The molecule has 0 aliphatic heterocycles. The minimum absolute atomic E-state index is 0.485. The molecule has 0 aromatic heterocycles. The van der Waals surface area contributed by atoms with Crippen molar-refractivity contribution >= 4 is 7.87 Å². The summed E-state index contributed by atoms with van der Waals surface area (Å²) < 4.78 is 6.12. The fourth-order valence-corrected chi connectivity index (χ4v) is 3.65. The number of hydrogen-bond acceptors (Lipinski definition) is 5. The maximum absolute atomic E-state index is 6.27. The van der Waals surface area contributed by atoms with Gasteiger partial charge in [-0.1, -0.05) is 0 Å². The van der Waals surface area contributed by atoms with E-state index in [9.17, 15) is 0 Å². The summed E-state index contributed by atoms with van der Waals surface area (Å²) in [7, 11) is 7.76. The first-order chi connectivity index (χ1) is 5.37. The summed E-state index contributed by atoms with van der Waals surface area (Å²) >= 11 is 0. The van der Waals surface area contributed by atoms with Crippen LogP contribution >= 0.6 is 7.87 Å². The van der Waals surface area contributed by atoms with E-state index in [1.807, 2.05) is 39.9 Å². The zero-order chi connectivity index (χ0) is 9.94. The Kier molecular flexibility index (Phi) is 4.55. The predicted molar refractivity (Wildman–Crippen MR) is 56.7 cm³/mol. The number of nitrogens with two attached hydrogens (primary N) is 2. The van der Waals surface area contributed by atoms with E-state index in [0.29, 0.717) is 6.67 Å². The van der Waals surface area contributed by atoms with Gasteiger partial charge in [0.1, 0.15) is 0 Å². The van der Waals surface area contributed by atoms with Crippen molar-refractivity contribution in [2.24, 2.45) is 11.2 Å². The van der Waals surface area contributed by atoms with Gasteiger partial charge in [-0.05, 0) is 0 Å². The third-order valence-corrected chi connectivity index (χ3v) is 6.09. The van der Waals surface area contributed by atoms with Crippen molar-refractivity contribution in [2.75, 3.05) is 41.9 Å². The van der Waals surface area contributed by atoms with Crippen LogP contribution in [-0.2, 0) is 0 Å². The van der Waals surface area contributed by atoms with E-state index in [1.165, 1.54) is 0 Å². The monoisotopic (exact) mass is 195 g/mol. The average Bonchev–Trinajstić information content (AvgIpc) is 2.00. The summed E-state index contributed by atoms with van der Waals surface area (Å²) in [4.78, 5) is 0. The van der Waals surface area contributed by atoms with E-state index < -0.39 is 7.87 Å². The van der Waals surface area contributed by atoms with Crippen LogP contribution in [0.2, 0.25) is 0 Å². The van der Waals surface area contributed by atoms with Crippen molar-refractivity contribution in [3.05, 3.63) is 0 Å². The van der Waals surface area contributed by atoms with Crippen molar-refractivity contribution in [3.63, 3.8) is 0 Å². The first-order valence-electron chi connectivity index (χ1n) is 3.92. The predicted octanol–water partition coefficient (Wildman–Crippen LogP) is -0.674. The van der Waals surface area contributed by atoms with Crippen LogP contribution in [0.3, 0.4) is 0 Å². The molecule has 12 heavy (non-hydrogen) atoms. The molecule has 0 bridgehead atoms. The molecule has 0 rings (SSSR count). The van der Waals surface area contributed by atoms with Gasteiger partial charge in [0, 0.05) is 0 Å². The number of rotatable bonds is 4. The Morgan fingerprint density at radius 3 is 1.42 bits per heavy atom. The van der Waals surface area contributed by atoms with Crippen LogP contribution < -0.4 is 11.2 Å². The van der Waals surface area contributed by atoms with Crippen molar-refractivity contribution in [1.82, 2.24) is 14.0 Å².